The fourth-order valence-corrected chi connectivity index (χ4v) is 2.21. The fraction of sp³-hybridized carbons (Fsp3) is 0.188. The van der Waals surface area contributed by atoms with Crippen LogP contribution >= 0.6 is 12.2 Å². The molecule has 20 heavy (non-hydrogen) atoms. The van der Waals surface area contributed by atoms with Gasteiger partial charge in [-0.15, -0.1) is 0 Å². The van der Waals surface area contributed by atoms with Crippen molar-refractivity contribution in [3.05, 3.63) is 65.0 Å². The lowest BCUT2D eigenvalue weighted by molar-refractivity contribution is 0.302. The molecule has 0 saturated carbocycles. The molecule has 2 N–H and O–H groups in total. The Kier molecular flexibility index (Phi) is 4.69. The van der Waals surface area contributed by atoms with Crippen LogP contribution in [0, 0.1) is 5.82 Å². The van der Waals surface area contributed by atoms with Crippen LogP contribution in [0.1, 0.15) is 23.6 Å². The lowest BCUT2D eigenvalue weighted by Gasteiger charge is -2.13. The highest BCUT2D eigenvalue weighted by molar-refractivity contribution is 7.80. The lowest BCUT2D eigenvalue weighted by Crippen LogP contribution is -2.14. The molecule has 0 atom stereocenters. The number of benzene rings is 2. The molecular weight excluding hydrogens is 273 g/mol. The van der Waals surface area contributed by atoms with Crippen LogP contribution in [-0.2, 0) is 13.0 Å². The van der Waals surface area contributed by atoms with E-state index in [9.17, 15) is 4.39 Å². The van der Waals surface area contributed by atoms with Crippen molar-refractivity contribution in [2.24, 2.45) is 5.73 Å². The largest absolute Gasteiger partial charge is 0.489 e. The van der Waals surface area contributed by atoms with Gasteiger partial charge in [0.05, 0.1) is 0 Å². The molecule has 2 nitrogen and oxygen atoms in total. The summed E-state index contributed by atoms with van der Waals surface area (Å²) in [6.45, 7) is 2.30. The Balaban J connectivity index is 2.22. The molecule has 2 aromatic rings. The van der Waals surface area contributed by atoms with Crippen LogP contribution in [0.15, 0.2) is 42.5 Å². The van der Waals surface area contributed by atoms with Crippen LogP contribution in [0.5, 0.6) is 5.75 Å². The number of para-hydroxylation sites is 1. The van der Waals surface area contributed by atoms with Gasteiger partial charge in [-0.25, -0.2) is 4.39 Å². The monoisotopic (exact) mass is 289 g/mol. The number of thiocarbonyl (C=S) groups is 1. The zero-order valence-electron chi connectivity index (χ0n) is 11.2. The molecule has 104 valence electrons. The molecule has 0 aliphatic carbocycles. The quantitative estimate of drug-likeness (QED) is 0.854. The Morgan fingerprint density at radius 1 is 1.20 bits per heavy atom. The van der Waals surface area contributed by atoms with Crippen molar-refractivity contribution in [3.8, 4) is 5.75 Å². The molecule has 0 bridgehead atoms. The van der Waals surface area contributed by atoms with Gasteiger partial charge >= 0.3 is 0 Å². The second kappa shape index (κ2) is 6.48. The molecule has 0 amide bonds. The van der Waals surface area contributed by atoms with Crippen molar-refractivity contribution in [2.75, 3.05) is 0 Å². The van der Waals surface area contributed by atoms with E-state index in [1.165, 1.54) is 12.1 Å². The maximum atomic E-state index is 13.3. The number of halogens is 1. The Morgan fingerprint density at radius 2 is 1.95 bits per heavy atom. The Morgan fingerprint density at radius 3 is 2.65 bits per heavy atom. The third kappa shape index (κ3) is 3.33. The van der Waals surface area contributed by atoms with E-state index in [4.69, 9.17) is 22.7 Å². The summed E-state index contributed by atoms with van der Waals surface area (Å²) < 4.78 is 19.1. The fourth-order valence-electron chi connectivity index (χ4n) is 2.01. The van der Waals surface area contributed by atoms with E-state index in [0.29, 0.717) is 11.1 Å². The van der Waals surface area contributed by atoms with Crippen LogP contribution in [0.25, 0.3) is 0 Å². The topological polar surface area (TPSA) is 35.2 Å². The van der Waals surface area contributed by atoms with E-state index in [-0.39, 0.29) is 17.4 Å². The van der Waals surface area contributed by atoms with E-state index in [2.05, 4.69) is 6.92 Å². The molecule has 0 aromatic heterocycles. The van der Waals surface area contributed by atoms with Gasteiger partial charge in [0.2, 0.25) is 0 Å². The van der Waals surface area contributed by atoms with Gasteiger partial charge < -0.3 is 10.5 Å². The first-order chi connectivity index (χ1) is 9.61. The van der Waals surface area contributed by atoms with Gasteiger partial charge in [0.1, 0.15) is 23.2 Å². The Bertz CT molecular complexity index is 628. The van der Waals surface area contributed by atoms with Gasteiger partial charge in [0, 0.05) is 11.1 Å². The molecule has 2 rings (SSSR count). The summed E-state index contributed by atoms with van der Waals surface area (Å²) in [5.74, 6) is 0.473. The second-order valence-electron chi connectivity index (χ2n) is 4.42. The van der Waals surface area contributed by atoms with Crippen molar-refractivity contribution in [3.63, 3.8) is 0 Å². The summed E-state index contributed by atoms with van der Waals surface area (Å²) in [5, 5.41) is 0. The zero-order chi connectivity index (χ0) is 14.5. The van der Waals surface area contributed by atoms with Gasteiger partial charge in [-0.3, -0.25) is 0 Å². The van der Waals surface area contributed by atoms with Crippen molar-refractivity contribution < 1.29 is 9.13 Å². The van der Waals surface area contributed by atoms with Crippen molar-refractivity contribution in [1.82, 2.24) is 0 Å². The molecule has 4 heteroatoms. The summed E-state index contributed by atoms with van der Waals surface area (Å²) in [4.78, 5) is 0.243. The summed E-state index contributed by atoms with van der Waals surface area (Å²) in [6, 6.07) is 12.1. The Labute approximate surface area is 123 Å². The number of nitrogens with two attached hydrogens (primary N) is 1. The van der Waals surface area contributed by atoms with Gasteiger partial charge in [0.15, 0.2) is 0 Å². The van der Waals surface area contributed by atoms with Crippen molar-refractivity contribution in [1.29, 1.82) is 0 Å². The van der Waals surface area contributed by atoms with Crippen LogP contribution < -0.4 is 10.5 Å². The first-order valence-corrected chi connectivity index (χ1v) is 6.81. The maximum Gasteiger partial charge on any atom is 0.123 e. The first kappa shape index (κ1) is 14.5. The van der Waals surface area contributed by atoms with E-state index in [1.54, 1.807) is 6.07 Å². The molecule has 0 spiro atoms. The number of aryl methyl sites for hydroxylation is 1. The highest BCUT2D eigenvalue weighted by Gasteiger charge is 2.08. The van der Waals surface area contributed by atoms with Crippen molar-refractivity contribution >= 4 is 17.2 Å². The predicted molar refractivity (Wildman–Crippen MR) is 82.4 cm³/mol. The minimum atomic E-state index is -0.327. The van der Waals surface area contributed by atoms with E-state index < -0.39 is 0 Å². The Hall–Kier alpha value is -1.94. The van der Waals surface area contributed by atoms with Gasteiger partial charge in [-0.05, 0) is 36.2 Å². The van der Waals surface area contributed by atoms with Gasteiger partial charge in [-0.1, -0.05) is 37.3 Å². The molecule has 0 radical (unpaired) electrons. The average Bonchev–Trinajstić information content (AvgIpc) is 2.45. The number of ether oxygens (including phenoxy) is 1. The number of hydrogen-bond donors (Lipinski definition) is 1. The van der Waals surface area contributed by atoms with Gasteiger partial charge in [-0.2, -0.15) is 0 Å². The molecule has 0 fully saturated rings. The summed E-state index contributed by atoms with van der Waals surface area (Å²) >= 11 is 4.97. The van der Waals surface area contributed by atoms with E-state index in [1.807, 2.05) is 24.3 Å². The van der Waals surface area contributed by atoms with Crippen LogP contribution in [0.2, 0.25) is 0 Å². The average molecular weight is 289 g/mol. The van der Waals surface area contributed by atoms with Gasteiger partial charge in [0.25, 0.3) is 0 Å². The SMILES string of the molecule is CCc1ccccc1OCc1cc(F)ccc1C(N)=S. The highest BCUT2D eigenvalue weighted by Crippen LogP contribution is 2.21. The van der Waals surface area contributed by atoms with Crippen LogP contribution in [0.4, 0.5) is 4.39 Å². The highest BCUT2D eigenvalue weighted by atomic mass is 32.1. The second-order valence-corrected chi connectivity index (χ2v) is 4.86. The van der Waals surface area contributed by atoms with Crippen molar-refractivity contribution in [2.45, 2.75) is 20.0 Å². The third-order valence-electron chi connectivity index (χ3n) is 3.07. The molecule has 0 heterocycles. The standard InChI is InChI=1S/C16H16FNOS/c1-2-11-5-3-4-6-15(11)19-10-12-9-13(17)7-8-14(12)16(18)20/h3-9H,2,10H2,1H3,(H2,18,20). The summed E-state index contributed by atoms with van der Waals surface area (Å²) in [6.07, 6.45) is 0.876. The summed E-state index contributed by atoms with van der Waals surface area (Å²) in [7, 11) is 0. The maximum absolute atomic E-state index is 13.3. The number of rotatable bonds is 5. The third-order valence-corrected chi connectivity index (χ3v) is 3.29. The van der Waals surface area contributed by atoms with Crippen LogP contribution in [-0.4, -0.2) is 4.99 Å². The molecule has 2 aromatic carbocycles. The number of hydrogen-bond acceptors (Lipinski definition) is 2. The molecule has 0 aliphatic rings. The smallest absolute Gasteiger partial charge is 0.123 e. The molecule has 0 unspecified atom stereocenters. The minimum Gasteiger partial charge on any atom is -0.489 e. The normalized spacial score (nSPS) is 10.3. The van der Waals surface area contributed by atoms with E-state index >= 15 is 0 Å². The summed E-state index contributed by atoms with van der Waals surface area (Å²) in [5.41, 5.74) is 8.06. The minimum absolute atomic E-state index is 0.238. The predicted octanol–water partition coefficient (Wildman–Crippen LogP) is 3.60. The molecule has 0 saturated heterocycles. The first-order valence-electron chi connectivity index (χ1n) is 6.40. The van der Waals surface area contributed by atoms with E-state index in [0.717, 1.165) is 17.7 Å². The zero-order valence-corrected chi connectivity index (χ0v) is 12.0. The molecular formula is C16H16FNOS. The molecule has 0 aliphatic heterocycles. The lowest BCUT2D eigenvalue weighted by atomic mass is 10.1. The van der Waals surface area contributed by atoms with Crippen LogP contribution in [0.3, 0.4) is 0 Å².